The molecule has 0 unspecified atom stereocenters. The monoisotopic (exact) mass is 362 g/mol. The maximum absolute atomic E-state index is 13.5. The molecule has 1 aliphatic carbocycles. The Kier molecular flexibility index (Phi) is 4.42. The van der Waals surface area contributed by atoms with Crippen molar-refractivity contribution < 1.29 is 9.53 Å². The Bertz CT molecular complexity index is 984. The first kappa shape index (κ1) is 17.7. The number of rotatable bonds is 5. The minimum atomic E-state index is 0.0553. The number of nitrogens with one attached hydrogen (secondary N) is 1. The highest BCUT2D eigenvalue weighted by atomic mass is 16.5. The van der Waals surface area contributed by atoms with E-state index in [0.29, 0.717) is 5.92 Å². The number of methoxy groups -OCH3 is 1. The molecule has 0 bridgehead atoms. The van der Waals surface area contributed by atoms with Crippen LogP contribution in [0, 0.1) is 19.8 Å². The largest absolute Gasteiger partial charge is 0.497 e. The molecule has 3 aromatic rings. The quantitative estimate of drug-likeness (QED) is 0.675. The van der Waals surface area contributed by atoms with Gasteiger partial charge >= 0.3 is 0 Å². The van der Waals surface area contributed by atoms with Crippen LogP contribution in [-0.4, -0.2) is 24.0 Å². The summed E-state index contributed by atoms with van der Waals surface area (Å²) in [5.41, 5.74) is 5.07. The van der Waals surface area contributed by atoms with Crippen molar-refractivity contribution >= 4 is 22.5 Å². The van der Waals surface area contributed by atoms with E-state index in [4.69, 9.17) is 4.74 Å². The molecule has 1 N–H and O–H groups in total. The second-order valence-corrected chi connectivity index (χ2v) is 7.59. The van der Waals surface area contributed by atoms with Crippen molar-refractivity contribution in [2.24, 2.45) is 5.92 Å². The summed E-state index contributed by atoms with van der Waals surface area (Å²) in [5.74, 6) is 1.43. The Hall–Kier alpha value is -2.75. The van der Waals surface area contributed by atoms with E-state index < -0.39 is 0 Å². The van der Waals surface area contributed by atoms with Crippen molar-refractivity contribution in [3.63, 3.8) is 0 Å². The molecule has 4 rings (SSSR count). The van der Waals surface area contributed by atoms with Crippen molar-refractivity contribution in [2.45, 2.75) is 39.7 Å². The maximum Gasteiger partial charge on any atom is 0.258 e. The third kappa shape index (κ3) is 3.20. The number of aryl methyl sites for hydroxylation is 2. The number of fused-ring (bicyclic) bond motifs is 1. The van der Waals surface area contributed by atoms with Crippen molar-refractivity contribution in [3.05, 3.63) is 59.3 Å². The molecule has 1 saturated carbocycles. The van der Waals surface area contributed by atoms with Gasteiger partial charge in [0.1, 0.15) is 5.75 Å². The number of aromatic nitrogens is 1. The highest BCUT2D eigenvalue weighted by Crippen LogP contribution is 2.38. The first-order chi connectivity index (χ1) is 13.0. The van der Waals surface area contributed by atoms with Gasteiger partial charge in [-0.3, -0.25) is 4.79 Å². The topological polar surface area (TPSA) is 45.3 Å². The molecule has 0 spiro atoms. The zero-order valence-electron chi connectivity index (χ0n) is 16.4. The summed E-state index contributed by atoms with van der Waals surface area (Å²) in [6.45, 7) is 6.32. The fourth-order valence-electron chi connectivity index (χ4n) is 3.80. The lowest BCUT2D eigenvalue weighted by molar-refractivity contribution is 0.0976. The van der Waals surface area contributed by atoms with Crippen LogP contribution in [0.4, 0.5) is 5.69 Å². The third-order valence-electron chi connectivity index (χ3n) is 5.84. The number of hydrogen-bond donors (Lipinski definition) is 1. The van der Waals surface area contributed by atoms with Gasteiger partial charge < -0.3 is 14.6 Å². The van der Waals surface area contributed by atoms with Crippen molar-refractivity contribution in [2.75, 3.05) is 12.0 Å². The van der Waals surface area contributed by atoms with Crippen LogP contribution in [-0.2, 0) is 0 Å². The molecule has 1 heterocycles. The van der Waals surface area contributed by atoms with Crippen LogP contribution < -0.4 is 9.64 Å². The van der Waals surface area contributed by atoms with Gasteiger partial charge in [-0.25, -0.2) is 0 Å². The van der Waals surface area contributed by atoms with Gasteiger partial charge in [0.05, 0.1) is 7.11 Å². The highest BCUT2D eigenvalue weighted by molar-refractivity contribution is 6.08. The number of anilines is 1. The Morgan fingerprint density at radius 1 is 1.15 bits per heavy atom. The predicted molar refractivity (Wildman–Crippen MR) is 110 cm³/mol. The predicted octanol–water partition coefficient (Wildman–Crippen LogP) is 5.24. The molecule has 4 heteroatoms. The summed E-state index contributed by atoms with van der Waals surface area (Å²) in [4.78, 5) is 18.8. The minimum Gasteiger partial charge on any atom is -0.497 e. The van der Waals surface area contributed by atoms with Gasteiger partial charge in [0, 0.05) is 33.9 Å². The molecule has 0 aliphatic heterocycles. The third-order valence-corrected chi connectivity index (χ3v) is 5.84. The first-order valence-corrected chi connectivity index (χ1v) is 9.56. The summed E-state index contributed by atoms with van der Waals surface area (Å²) < 4.78 is 5.27. The molecule has 2 aromatic carbocycles. The van der Waals surface area contributed by atoms with E-state index in [1.165, 1.54) is 18.4 Å². The molecule has 0 saturated heterocycles. The lowest BCUT2D eigenvalue weighted by atomic mass is 10.1. The molecule has 27 heavy (non-hydrogen) atoms. The van der Waals surface area contributed by atoms with Gasteiger partial charge in [-0.05, 0) is 87.6 Å². The van der Waals surface area contributed by atoms with Crippen LogP contribution in [0.25, 0.3) is 10.9 Å². The number of carbonyl (C=O) groups is 1. The fraction of sp³-hybridized carbons (Fsp3) is 0.348. The Morgan fingerprint density at radius 3 is 2.48 bits per heavy atom. The maximum atomic E-state index is 13.5. The van der Waals surface area contributed by atoms with Crippen LogP contribution in [0.3, 0.4) is 0 Å². The standard InChI is InChI=1S/C23H26N2O2/c1-14-15(2)24-22-12-7-18(13-21(14)22)23(26)25(16(3)17-5-6-17)19-8-10-20(27-4)11-9-19/h7-13,16-17,24H,5-6H2,1-4H3/t16-/m0/s1. The molecule has 1 aromatic heterocycles. The summed E-state index contributed by atoms with van der Waals surface area (Å²) in [5, 5.41) is 1.12. The van der Waals surface area contributed by atoms with Crippen LogP contribution in [0.2, 0.25) is 0 Å². The molecule has 1 fully saturated rings. The molecular formula is C23H26N2O2. The number of H-pyrrole nitrogens is 1. The lowest BCUT2D eigenvalue weighted by Crippen LogP contribution is -2.40. The number of hydrogen-bond acceptors (Lipinski definition) is 2. The second kappa shape index (κ2) is 6.76. The molecule has 1 aliphatic rings. The second-order valence-electron chi connectivity index (χ2n) is 7.59. The van der Waals surface area contributed by atoms with E-state index in [1.807, 2.05) is 47.4 Å². The van der Waals surface area contributed by atoms with Crippen molar-refractivity contribution in [3.8, 4) is 5.75 Å². The highest BCUT2D eigenvalue weighted by Gasteiger charge is 2.35. The van der Waals surface area contributed by atoms with Gasteiger partial charge in [0.2, 0.25) is 0 Å². The minimum absolute atomic E-state index is 0.0553. The molecule has 140 valence electrons. The molecule has 4 nitrogen and oxygen atoms in total. The van der Waals surface area contributed by atoms with Gasteiger partial charge in [-0.15, -0.1) is 0 Å². The van der Waals surface area contributed by atoms with Crippen molar-refractivity contribution in [1.29, 1.82) is 0 Å². The summed E-state index contributed by atoms with van der Waals surface area (Å²) in [7, 11) is 1.65. The summed E-state index contributed by atoms with van der Waals surface area (Å²) >= 11 is 0. The van der Waals surface area contributed by atoms with E-state index in [-0.39, 0.29) is 11.9 Å². The van der Waals surface area contributed by atoms with Crippen LogP contribution in [0.1, 0.15) is 41.4 Å². The average Bonchev–Trinajstić information content (AvgIpc) is 3.49. The van der Waals surface area contributed by atoms with Crippen molar-refractivity contribution in [1.82, 2.24) is 4.98 Å². The van der Waals surface area contributed by atoms with Gasteiger partial charge in [0.15, 0.2) is 0 Å². The molecular weight excluding hydrogens is 336 g/mol. The number of nitrogens with zero attached hydrogens (tertiary/aromatic N) is 1. The smallest absolute Gasteiger partial charge is 0.258 e. The summed E-state index contributed by atoms with van der Waals surface area (Å²) in [6.07, 6.45) is 2.38. The Balaban J connectivity index is 1.74. The Labute approximate surface area is 160 Å². The van der Waals surface area contributed by atoms with Gasteiger partial charge in [-0.1, -0.05) is 0 Å². The van der Waals surface area contributed by atoms with E-state index in [0.717, 1.165) is 33.6 Å². The number of aromatic amines is 1. The Morgan fingerprint density at radius 2 is 1.85 bits per heavy atom. The molecule has 0 radical (unpaired) electrons. The van der Waals surface area contributed by atoms with Crippen LogP contribution >= 0.6 is 0 Å². The molecule has 1 amide bonds. The lowest BCUT2D eigenvalue weighted by Gasteiger charge is -2.30. The number of ether oxygens (including phenoxy) is 1. The van der Waals surface area contributed by atoms with E-state index >= 15 is 0 Å². The van der Waals surface area contributed by atoms with Crippen LogP contribution in [0.15, 0.2) is 42.5 Å². The fourth-order valence-corrected chi connectivity index (χ4v) is 3.80. The number of amides is 1. The van der Waals surface area contributed by atoms with Crippen LogP contribution in [0.5, 0.6) is 5.75 Å². The average molecular weight is 362 g/mol. The zero-order chi connectivity index (χ0) is 19.1. The van der Waals surface area contributed by atoms with Gasteiger partial charge in [-0.2, -0.15) is 0 Å². The van der Waals surface area contributed by atoms with E-state index in [2.05, 4.69) is 25.8 Å². The summed E-state index contributed by atoms with van der Waals surface area (Å²) in [6, 6.07) is 13.9. The van der Waals surface area contributed by atoms with E-state index in [9.17, 15) is 4.79 Å². The zero-order valence-corrected chi connectivity index (χ0v) is 16.4. The molecule has 1 atom stereocenters. The van der Waals surface area contributed by atoms with Gasteiger partial charge in [0.25, 0.3) is 5.91 Å². The normalized spacial score (nSPS) is 15.0. The first-order valence-electron chi connectivity index (χ1n) is 9.56. The van der Waals surface area contributed by atoms with E-state index in [1.54, 1.807) is 7.11 Å². The number of carbonyl (C=O) groups excluding carboxylic acids is 1. The number of benzene rings is 2. The SMILES string of the molecule is COc1ccc(N(C(=O)c2ccc3[nH]c(C)c(C)c3c2)[C@@H](C)C2CC2)cc1.